The van der Waals surface area contributed by atoms with E-state index in [9.17, 15) is 4.79 Å². The molecular formula is C18H28N2O. The fourth-order valence-electron chi connectivity index (χ4n) is 3.05. The highest BCUT2D eigenvalue weighted by Gasteiger charge is 2.37. The van der Waals surface area contributed by atoms with Crippen molar-refractivity contribution in [1.82, 2.24) is 5.32 Å². The second kappa shape index (κ2) is 7.60. The fourth-order valence-corrected chi connectivity index (χ4v) is 3.05. The van der Waals surface area contributed by atoms with Gasteiger partial charge in [-0.05, 0) is 62.9 Å². The number of anilines is 1. The highest BCUT2D eigenvalue weighted by Crippen LogP contribution is 2.33. The maximum atomic E-state index is 12.6. The number of nitrogens with one attached hydrogen (secondary N) is 2. The lowest BCUT2D eigenvalue weighted by Crippen LogP contribution is -2.44. The molecule has 0 radical (unpaired) electrons. The number of hydrogen-bond donors (Lipinski definition) is 2. The van der Waals surface area contributed by atoms with E-state index in [1.54, 1.807) is 0 Å². The highest BCUT2D eigenvalue weighted by atomic mass is 16.2. The lowest BCUT2D eigenvalue weighted by Gasteiger charge is -2.35. The quantitative estimate of drug-likeness (QED) is 0.837. The van der Waals surface area contributed by atoms with Crippen LogP contribution in [0.25, 0.3) is 0 Å². The Morgan fingerprint density at radius 3 is 2.43 bits per heavy atom. The van der Waals surface area contributed by atoms with E-state index in [1.165, 1.54) is 18.4 Å². The van der Waals surface area contributed by atoms with E-state index >= 15 is 0 Å². The van der Waals surface area contributed by atoms with Crippen LogP contribution in [0, 0.1) is 5.41 Å². The molecule has 0 unspecified atom stereocenters. The molecule has 2 rings (SSSR count). The van der Waals surface area contributed by atoms with E-state index in [0.29, 0.717) is 0 Å². The zero-order valence-corrected chi connectivity index (χ0v) is 13.4. The van der Waals surface area contributed by atoms with Gasteiger partial charge in [-0.1, -0.05) is 32.4 Å². The van der Waals surface area contributed by atoms with Gasteiger partial charge in [0, 0.05) is 5.69 Å². The number of hydrogen-bond acceptors (Lipinski definition) is 2. The van der Waals surface area contributed by atoms with E-state index < -0.39 is 0 Å². The van der Waals surface area contributed by atoms with Gasteiger partial charge in [-0.2, -0.15) is 0 Å². The monoisotopic (exact) mass is 288 g/mol. The highest BCUT2D eigenvalue weighted by molar-refractivity contribution is 5.95. The van der Waals surface area contributed by atoms with Crippen LogP contribution in [0.4, 0.5) is 5.69 Å². The molecule has 1 aliphatic rings. The van der Waals surface area contributed by atoms with Crippen LogP contribution in [0.3, 0.4) is 0 Å². The van der Waals surface area contributed by atoms with E-state index in [1.807, 2.05) is 12.1 Å². The van der Waals surface area contributed by atoms with Crippen molar-refractivity contribution in [2.45, 2.75) is 52.4 Å². The molecule has 1 amide bonds. The van der Waals surface area contributed by atoms with Crippen molar-refractivity contribution in [2.75, 3.05) is 18.4 Å². The molecule has 1 fully saturated rings. The Bertz CT molecular complexity index is 447. The molecule has 0 aliphatic carbocycles. The molecule has 21 heavy (non-hydrogen) atoms. The molecular weight excluding hydrogens is 260 g/mol. The minimum atomic E-state index is -0.188. The molecule has 116 valence electrons. The molecule has 1 heterocycles. The number of unbranched alkanes of at least 4 members (excludes halogenated alkanes) is 1. The van der Waals surface area contributed by atoms with Gasteiger partial charge in [0.15, 0.2) is 0 Å². The molecule has 1 aromatic carbocycles. The largest absolute Gasteiger partial charge is 0.326 e. The first-order chi connectivity index (χ1) is 10.2. The first-order valence-corrected chi connectivity index (χ1v) is 8.31. The van der Waals surface area contributed by atoms with Gasteiger partial charge in [-0.15, -0.1) is 0 Å². The Kier molecular flexibility index (Phi) is 5.80. The Balaban J connectivity index is 1.98. The maximum Gasteiger partial charge on any atom is 0.230 e. The fraction of sp³-hybridized carbons (Fsp3) is 0.611. The summed E-state index contributed by atoms with van der Waals surface area (Å²) in [4.78, 5) is 12.6. The molecule has 1 aliphatic heterocycles. The van der Waals surface area contributed by atoms with E-state index in [4.69, 9.17) is 0 Å². The summed E-state index contributed by atoms with van der Waals surface area (Å²) < 4.78 is 0. The van der Waals surface area contributed by atoms with Crippen molar-refractivity contribution in [3.8, 4) is 0 Å². The maximum absolute atomic E-state index is 12.6. The van der Waals surface area contributed by atoms with Gasteiger partial charge in [-0.25, -0.2) is 0 Å². The van der Waals surface area contributed by atoms with E-state index in [0.717, 1.165) is 44.5 Å². The molecule has 0 spiro atoms. The van der Waals surface area contributed by atoms with Crippen molar-refractivity contribution in [3.63, 3.8) is 0 Å². The third-order valence-electron chi connectivity index (χ3n) is 4.75. The number of aryl methyl sites for hydroxylation is 1. The van der Waals surface area contributed by atoms with Gasteiger partial charge in [-0.3, -0.25) is 4.79 Å². The van der Waals surface area contributed by atoms with Crippen molar-refractivity contribution in [1.29, 1.82) is 0 Å². The van der Waals surface area contributed by atoms with Crippen molar-refractivity contribution in [3.05, 3.63) is 29.8 Å². The van der Waals surface area contributed by atoms with Crippen LogP contribution in [-0.2, 0) is 11.2 Å². The summed E-state index contributed by atoms with van der Waals surface area (Å²) in [5.41, 5.74) is 2.08. The van der Waals surface area contributed by atoms with Gasteiger partial charge in [0.1, 0.15) is 0 Å². The Hall–Kier alpha value is -1.35. The van der Waals surface area contributed by atoms with E-state index in [-0.39, 0.29) is 11.3 Å². The minimum Gasteiger partial charge on any atom is -0.326 e. The topological polar surface area (TPSA) is 41.1 Å². The lowest BCUT2D eigenvalue weighted by molar-refractivity contribution is -0.127. The molecule has 0 aromatic heterocycles. The average molecular weight is 288 g/mol. The molecule has 0 saturated carbocycles. The van der Waals surface area contributed by atoms with Crippen molar-refractivity contribution < 1.29 is 4.79 Å². The van der Waals surface area contributed by atoms with Crippen molar-refractivity contribution >= 4 is 11.6 Å². The van der Waals surface area contributed by atoms with E-state index in [2.05, 4.69) is 36.6 Å². The molecule has 0 bridgehead atoms. The smallest absolute Gasteiger partial charge is 0.230 e. The summed E-state index contributed by atoms with van der Waals surface area (Å²) >= 11 is 0. The van der Waals surface area contributed by atoms with Crippen LogP contribution >= 0.6 is 0 Å². The van der Waals surface area contributed by atoms with Gasteiger partial charge >= 0.3 is 0 Å². The number of piperidine rings is 1. The Morgan fingerprint density at radius 1 is 1.19 bits per heavy atom. The SMILES string of the molecule is CCCCc1ccc(NC(=O)C2(CC)CCNCC2)cc1. The molecule has 1 aromatic rings. The Morgan fingerprint density at radius 2 is 1.86 bits per heavy atom. The zero-order chi connectivity index (χ0) is 15.1. The van der Waals surface area contributed by atoms with Gasteiger partial charge in [0.25, 0.3) is 0 Å². The molecule has 3 nitrogen and oxygen atoms in total. The standard InChI is InChI=1S/C18H28N2O/c1-3-5-6-15-7-9-16(10-8-15)20-17(21)18(4-2)11-13-19-14-12-18/h7-10,19H,3-6,11-14H2,1-2H3,(H,20,21). The van der Waals surface area contributed by atoms with Gasteiger partial charge in [0.2, 0.25) is 5.91 Å². The normalized spacial score (nSPS) is 17.4. The first kappa shape index (κ1) is 16.0. The van der Waals surface area contributed by atoms with Gasteiger partial charge in [0.05, 0.1) is 5.41 Å². The van der Waals surface area contributed by atoms with Crippen LogP contribution < -0.4 is 10.6 Å². The zero-order valence-electron chi connectivity index (χ0n) is 13.4. The predicted octanol–water partition coefficient (Wildman–Crippen LogP) is 3.75. The summed E-state index contributed by atoms with van der Waals surface area (Å²) in [5.74, 6) is 0.188. The summed E-state index contributed by atoms with van der Waals surface area (Å²) in [6.45, 7) is 6.21. The first-order valence-electron chi connectivity index (χ1n) is 8.31. The number of carbonyl (C=O) groups is 1. The summed E-state index contributed by atoms with van der Waals surface area (Å²) in [7, 11) is 0. The van der Waals surface area contributed by atoms with Crippen LogP contribution in [0.15, 0.2) is 24.3 Å². The molecule has 0 atom stereocenters. The van der Waals surface area contributed by atoms with Crippen LogP contribution in [0.2, 0.25) is 0 Å². The predicted molar refractivity (Wildman–Crippen MR) is 88.5 cm³/mol. The third-order valence-corrected chi connectivity index (χ3v) is 4.75. The van der Waals surface area contributed by atoms with Crippen molar-refractivity contribution in [2.24, 2.45) is 5.41 Å². The molecule has 2 N–H and O–H groups in total. The van der Waals surface area contributed by atoms with Crippen LogP contribution in [0.1, 0.15) is 51.5 Å². The number of carbonyl (C=O) groups excluding carboxylic acids is 1. The van der Waals surface area contributed by atoms with Crippen LogP contribution in [-0.4, -0.2) is 19.0 Å². The lowest BCUT2D eigenvalue weighted by atomic mass is 9.76. The summed E-state index contributed by atoms with van der Waals surface area (Å²) in [5, 5.41) is 6.46. The second-order valence-corrected chi connectivity index (χ2v) is 6.14. The molecule has 1 saturated heterocycles. The summed E-state index contributed by atoms with van der Waals surface area (Å²) in [6.07, 6.45) is 6.33. The number of amides is 1. The summed E-state index contributed by atoms with van der Waals surface area (Å²) in [6, 6.07) is 8.33. The minimum absolute atomic E-state index is 0.188. The average Bonchev–Trinajstić information content (AvgIpc) is 2.54. The van der Waals surface area contributed by atoms with Crippen LogP contribution in [0.5, 0.6) is 0 Å². The number of rotatable bonds is 6. The second-order valence-electron chi connectivity index (χ2n) is 6.14. The molecule has 3 heteroatoms. The van der Waals surface area contributed by atoms with Gasteiger partial charge < -0.3 is 10.6 Å². The Labute approximate surface area is 128 Å². The number of benzene rings is 1. The third kappa shape index (κ3) is 4.07.